The molecule has 0 spiro atoms. The quantitative estimate of drug-likeness (QED) is 0.547. The number of hydrogen-bond acceptors (Lipinski definition) is 3. The van der Waals surface area contributed by atoms with Crippen molar-refractivity contribution in [1.82, 2.24) is 5.43 Å². The molecular weight excluding hydrogens is 276 g/mol. The average molecular weight is 296 g/mol. The molecule has 0 fully saturated rings. The smallest absolute Gasteiger partial charge is 0.0514 e. The van der Waals surface area contributed by atoms with Gasteiger partial charge in [-0.05, 0) is 46.4 Å². The minimum Gasteiger partial charge on any atom is -0.271 e. The first-order chi connectivity index (χ1) is 10.3. The number of fused-ring (bicyclic) bond motifs is 1. The molecule has 0 radical (unpaired) electrons. The fourth-order valence-corrected chi connectivity index (χ4v) is 3.69. The van der Waals surface area contributed by atoms with Gasteiger partial charge >= 0.3 is 0 Å². The molecule has 108 valence electrons. The fourth-order valence-electron chi connectivity index (χ4n) is 2.67. The van der Waals surface area contributed by atoms with Crippen molar-refractivity contribution in [2.24, 2.45) is 5.84 Å². The van der Waals surface area contributed by atoms with Crippen LogP contribution in [0, 0.1) is 0 Å². The summed E-state index contributed by atoms with van der Waals surface area (Å²) >= 11 is 1.78. The summed E-state index contributed by atoms with van der Waals surface area (Å²) < 4.78 is 1.31. The monoisotopic (exact) mass is 296 g/mol. The average Bonchev–Trinajstić information content (AvgIpc) is 2.97. The summed E-state index contributed by atoms with van der Waals surface area (Å²) in [4.78, 5) is 0. The maximum absolute atomic E-state index is 5.81. The predicted molar refractivity (Wildman–Crippen MR) is 91.4 cm³/mol. The minimum atomic E-state index is 0.147. The van der Waals surface area contributed by atoms with Crippen molar-refractivity contribution >= 4 is 21.4 Å². The first-order valence-electron chi connectivity index (χ1n) is 7.32. The van der Waals surface area contributed by atoms with Gasteiger partial charge in [0.05, 0.1) is 6.04 Å². The van der Waals surface area contributed by atoms with Gasteiger partial charge in [0.1, 0.15) is 0 Å². The molecule has 2 nitrogen and oxygen atoms in total. The highest BCUT2D eigenvalue weighted by Crippen LogP contribution is 2.31. The lowest BCUT2D eigenvalue weighted by molar-refractivity contribution is 0.556. The molecule has 0 saturated heterocycles. The fraction of sp³-hybridized carbons (Fsp3) is 0.222. The lowest BCUT2D eigenvalue weighted by atomic mass is 9.98. The zero-order chi connectivity index (χ0) is 14.7. The van der Waals surface area contributed by atoms with Gasteiger partial charge in [-0.15, -0.1) is 11.3 Å². The third kappa shape index (κ3) is 3.00. The molecule has 3 heteroatoms. The summed E-state index contributed by atoms with van der Waals surface area (Å²) in [6.45, 7) is 2.18. The molecule has 0 aliphatic rings. The number of hydrazine groups is 1. The van der Waals surface area contributed by atoms with Crippen LogP contribution in [-0.2, 0) is 12.8 Å². The predicted octanol–water partition coefficient (Wildman–Crippen LogP) is 4.21. The van der Waals surface area contributed by atoms with E-state index in [0.717, 1.165) is 12.8 Å². The Hall–Kier alpha value is -1.68. The molecule has 0 amide bonds. The Morgan fingerprint density at radius 1 is 1.05 bits per heavy atom. The first kappa shape index (κ1) is 14.3. The first-order valence-corrected chi connectivity index (χ1v) is 8.20. The van der Waals surface area contributed by atoms with Crippen LogP contribution in [-0.4, -0.2) is 0 Å². The lowest BCUT2D eigenvalue weighted by Gasteiger charge is -2.16. The molecule has 0 saturated carbocycles. The second kappa shape index (κ2) is 6.39. The van der Waals surface area contributed by atoms with Crippen LogP contribution in [0.1, 0.15) is 29.7 Å². The summed E-state index contributed by atoms with van der Waals surface area (Å²) in [6.07, 6.45) is 1.98. The van der Waals surface area contributed by atoms with Crippen molar-refractivity contribution < 1.29 is 0 Å². The number of nitrogens with one attached hydrogen (secondary N) is 1. The summed E-state index contributed by atoms with van der Waals surface area (Å²) in [7, 11) is 0. The van der Waals surface area contributed by atoms with Gasteiger partial charge in [0.25, 0.3) is 0 Å². The van der Waals surface area contributed by atoms with Gasteiger partial charge in [-0.3, -0.25) is 11.3 Å². The second-order valence-electron chi connectivity index (χ2n) is 5.28. The Bertz CT molecular complexity index is 715. The van der Waals surface area contributed by atoms with Crippen molar-refractivity contribution in [1.29, 1.82) is 0 Å². The van der Waals surface area contributed by atoms with Gasteiger partial charge < -0.3 is 0 Å². The standard InChI is InChI=1S/C18H20N2S/c1-2-13-7-9-14(10-8-13)11-17(20-19)16-12-21-18-6-4-3-5-15(16)18/h3-10,12,17,20H,2,11,19H2,1H3. The minimum absolute atomic E-state index is 0.147. The molecule has 1 atom stereocenters. The molecule has 3 rings (SSSR count). The summed E-state index contributed by atoms with van der Waals surface area (Å²) in [6, 6.07) is 17.5. The van der Waals surface area contributed by atoms with E-state index in [0.29, 0.717) is 0 Å². The van der Waals surface area contributed by atoms with E-state index < -0.39 is 0 Å². The molecule has 21 heavy (non-hydrogen) atoms. The van der Waals surface area contributed by atoms with E-state index in [4.69, 9.17) is 5.84 Å². The zero-order valence-electron chi connectivity index (χ0n) is 12.2. The molecule has 0 aliphatic carbocycles. The Labute approximate surface area is 129 Å². The molecule has 0 aliphatic heterocycles. The van der Waals surface area contributed by atoms with Crippen molar-refractivity contribution in [3.05, 3.63) is 70.6 Å². The number of hydrogen-bond donors (Lipinski definition) is 2. The van der Waals surface area contributed by atoms with Gasteiger partial charge in [-0.1, -0.05) is 49.4 Å². The summed E-state index contributed by atoms with van der Waals surface area (Å²) in [5.74, 6) is 5.81. The van der Waals surface area contributed by atoms with E-state index in [2.05, 4.69) is 66.3 Å². The summed E-state index contributed by atoms with van der Waals surface area (Å²) in [5.41, 5.74) is 6.95. The highest BCUT2D eigenvalue weighted by Gasteiger charge is 2.15. The van der Waals surface area contributed by atoms with Gasteiger partial charge in [0.2, 0.25) is 0 Å². The van der Waals surface area contributed by atoms with Crippen LogP contribution in [0.15, 0.2) is 53.9 Å². The molecule has 2 aromatic carbocycles. The van der Waals surface area contributed by atoms with Crippen molar-refractivity contribution in [2.75, 3.05) is 0 Å². The van der Waals surface area contributed by atoms with Gasteiger partial charge in [0, 0.05) is 4.70 Å². The number of aryl methyl sites for hydroxylation is 1. The maximum atomic E-state index is 5.81. The van der Waals surface area contributed by atoms with Crippen molar-refractivity contribution in [3.63, 3.8) is 0 Å². The number of rotatable bonds is 5. The van der Waals surface area contributed by atoms with E-state index in [9.17, 15) is 0 Å². The van der Waals surface area contributed by atoms with E-state index in [-0.39, 0.29) is 6.04 Å². The molecule has 0 bridgehead atoms. The van der Waals surface area contributed by atoms with Gasteiger partial charge in [-0.2, -0.15) is 0 Å². The van der Waals surface area contributed by atoms with Gasteiger partial charge in [0.15, 0.2) is 0 Å². The summed E-state index contributed by atoms with van der Waals surface area (Å²) in [5, 5.41) is 3.52. The molecule has 1 heterocycles. The van der Waals surface area contributed by atoms with E-state index in [1.54, 1.807) is 11.3 Å². The maximum Gasteiger partial charge on any atom is 0.0514 e. The zero-order valence-corrected chi connectivity index (χ0v) is 13.0. The Morgan fingerprint density at radius 2 is 1.76 bits per heavy atom. The largest absolute Gasteiger partial charge is 0.271 e. The Kier molecular flexibility index (Phi) is 4.34. The number of benzene rings is 2. The van der Waals surface area contributed by atoms with E-state index in [1.807, 2.05) is 0 Å². The number of thiophene rings is 1. The number of nitrogens with two attached hydrogens (primary N) is 1. The van der Waals surface area contributed by atoms with Crippen LogP contribution in [0.2, 0.25) is 0 Å². The second-order valence-corrected chi connectivity index (χ2v) is 6.19. The van der Waals surface area contributed by atoms with Crippen LogP contribution in [0.3, 0.4) is 0 Å². The van der Waals surface area contributed by atoms with Crippen LogP contribution in [0.25, 0.3) is 10.1 Å². The van der Waals surface area contributed by atoms with Crippen molar-refractivity contribution in [3.8, 4) is 0 Å². The Morgan fingerprint density at radius 3 is 2.48 bits per heavy atom. The van der Waals surface area contributed by atoms with Crippen LogP contribution >= 0.6 is 11.3 Å². The highest BCUT2D eigenvalue weighted by molar-refractivity contribution is 7.17. The van der Waals surface area contributed by atoms with Crippen LogP contribution < -0.4 is 11.3 Å². The van der Waals surface area contributed by atoms with E-state index >= 15 is 0 Å². The van der Waals surface area contributed by atoms with Gasteiger partial charge in [-0.25, -0.2) is 0 Å². The molecular formula is C18H20N2S. The molecule has 3 N–H and O–H groups in total. The molecule has 1 unspecified atom stereocenters. The Balaban J connectivity index is 1.87. The van der Waals surface area contributed by atoms with Crippen LogP contribution in [0.4, 0.5) is 0 Å². The third-order valence-electron chi connectivity index (χ3n) is 3.96. The normalized spacial score (nSPS) is 12.7. The lowest BCUT2D eigenvalue weighted by Crippen LogP contribution is -2.29. The third-order valence-corrected chi connectivity index (χ3v) is 4.94. The van der Waals surface area contributed by atoms with Crippen molar-refractivity contribution in [2.45, 2.75) is 25.8 Å². The topological polar surface area (TPSA) is 38.0 Å². The highest BCUT2D eigenvalue weighted by atomic mass is 32.1. The van der Waals surface area contributed by atoms with Crippen LogP contribution in [0.5, 0.6) is 0 Å². The molecule has 1 aromatic heterocycles. The van der Waals surface area contributed by atoms with E-state index in [1.165, 1.54) is 26.8 Å². The SMILES string of the molecule is CCc1ccc(CC(NN)c2csc3ccccc23)cc1. The molecule has 3 aromatic rings.